The van der Waals surface area contributed by atoms with Gasteiger partial charge in [0, 0.05) is 29.7 Å². The first-order valence-corrected chi connectivity index (χ1v) is 7.56. The summed E-state index contributed by atoms with van der Waals surface area (Å²) in [6, 6.07) is 0.247. The molecule has 0 aliphatic carbocycles. The molecule has 0 saturated carbocycles. The van der Waals surface area contributed by atoms with Gasteiger partial charge in [0.25, 0.3) is 0 Å². The molecule has 1 unspecified atom stereocenters. The first-order valence-electron chi connectivity index (χ1n) is 6.36. The Kier molecular flexibility index (Phi) is 4.60. The van der Waals surface area contributed by atoms with Gasteiger partial charge in [-0.1, -0.05) is 18.5 Å². The highest BCUT2D eigenvalue weighted by atomic mass is 35.5. The van der Waals surface area contributed by atoms with Crippen LogP contribution in [0, 0.1) is 13.8 Å². The highest BCUT2D eigenvalue weighted by molar-refractivity contribution is 7.11. The number of likely N-dealkylation sites (N-methyl/N-ethyl adjacent to an activating group) is 1. The highest BCUT2D eigenvalue weighted by Crippen LogP contribution is 2.28. The van der Waals surface area contributed by atoms with Gasteiger partial charge in [-0.15, -0.1) is 11.3 Å². The van der Waals surface area contributed by atoms with E-state index in [1.807, 2.05) is 27.1 Å². The summed E-state index contributed by atoms with van der Waals surface area (Å²) < 4.78 is 1.73. The lowest BCUT2D eigenvalue weighted by molar-refractivity contribution is 0.556. The zero-order valence-corrected chi connectivity index (χ0v) is 13.3. The molecular formula is C13H19ClN4S. The van der Waals surface area contributed by atoms with E-state index in [0.717, 1.165) is 34.4 Å². The summed E-state index contributed by atoms with van der Waals surface area (Å²) in [7, 11) is 1.87. The summed E-state index contributed by atoms with van der Waals surface area (Å²) in [5.41, 5.74) is 2.11. The van der Waals surface area contributed by atoms with Crippen LogP contribution in [0.5, 0.6) is 0 Å². The van der Waals surface area contributed by atoms with Gasteiger partial charge in [-0.25, -0.2) is 4.98 Å². The van der Waals surface area contributed by atoms with Crippen LogP contribution in [-0.4, -0.2) is 21.3 Å². The van der Waals surface area contributed by atoms with Crippen molar-refractivity contribution in [3.8, 4) is 0 Å². The third-order valence-electron chi connectivity index (χ3n) is 3.11. The van der Waals surface area contributed by atoms with Crippen molar-refractivity contribution in [3.05, 3.63) is 32.5 Å². The molecule has 2 aromatic rings. The zero-order chi connectivity index (χ0) is 14.0. The van der Waals surface area contributed by atoms with Gasteiger partial charge in [0.15, 0.2) is 0 Å². The molecule has 6 heteroatoms. The summed E-state index contributed by atoms with van der Waals surface area (Å²) in [6.45, 7) is 7.05. The molecule has 19 heavy (non-hydrogen) atoms. The zero-order valence-electron chi connectivity index (χ0n) is 11.7. The number of aryl methyl sites for hydroxylation is 3. The molecule has 0 aromatic carbocycles. The summed E-state index contributed by atoms with van der Waals surface area (Å²) in [4.78, 5) is 5.58. The minimum atomic E-state index is 0.247. The molecule has 2 aromatic heterocycles. The second-order valence-electron chi connectivity index (χ2n) is 4.57. The molecular weight excluding hydrogens is 280 g/mol. The van der Waals surface area contributed by atoms with Gasteiger partial charge in [-0.05, 0) is 26.8 Å². The van der Waals surface area contributed by atoms with E-state index in [1.54, 1.807) is 16.0 Å². The van der Waals surface area contributed by atoms with Gasteiger partial charge in [0.2, 0.25) is 0 Å². The molecule has 2 rings (SSSR count). The van der Waals surface area contributed by atoms with Crippen molar-refractivity contribution in [1.29, 1.82) is 0 Å². The average Bonchev–Trinajstić information content (AvgIpc) is 2.88. The van der Waals surface area contributed by atoms with Gasteiger partial charge in [-0.2, -0.15) is 5.10 Å². The number of nitrogens with one attached hydrogen (secondary N) is 1. The summed E-state index contributed by atoms with van der Waals surface area (Å²) >= 11 is 8.04. The molecule has 0 spiro atoms. The molecule has 0 radical (unpaired) electrons. The first-order chi connectivity index (χ1) is 9.02. The highest BCUT2D eigenvalue weighted by Gasteiger charge is 2.19. The van der Waals surface area contributed by atoms with Gasteiger partial charge in [0.1, 0.15) is 5.15 Å². The van der Waals surface area contributed by atoms with E-state index in [0.29, 0.717) is 0 Å². The molecule has 0 bridgehead atoms. The van der Waals surface area contributed by atoms with Gasteiger partial charge < -0.3 is 5.32 Å². The van der Waals surface area contributed by atoms with Crippen molar-refractivity contribution in [3.63, 3.8) is 0 Å². The Morgan fingerprint density at radius 2 is 2.21 bits per heavy atom. The maximum atomic E-state index is 6.31. The number of hydrogen-bond acceptors (Lipinski definition) is 4. The fourth-order valence-electron chi connectivity index (χ4n) is 2.17. The summed E-state index contributed by atoms with van der Waals surface area (Å²) in [6.07, 6.45) is 2.79. The van der Waals surface area contributed by atoms with Gasteiger partial charge in [0.05, 0.1) is 10.7 Å². The maximum Gasteiger partial charge on any atom is 0.130 e. The van der Waals surface area contributed by atoms with Crippen LogP contribution in [0.3, 0.4) is 0 Å². The Labute approximate surface area is 122 Å². The molecule has 0 saturated heterocycles. The molecule has 0 fully saturated rings. The maximum absolute atomic E-state index is 6.31. The quantitative estimate of drug-likeness (QED) is 0.922. The second kappa shape index (κ2) is 6.03. The second-order valence-corrected chi connectivity index (χ2v) is 6.20. The Morgan fingerprint density at radius 3 is 2.68 bits per heavy atom. The van der Waals surface area contributed by atoms with Gasteiger partial charge in [-0.3, -0.25) is 4.68 Å². The van der Waals surface area contributed by atoms with E-state index in [2.05, 4.69) is 22.3 Å². The van der Waals surface area contributed by atoms with E-state index in [1.165, 1.54) is 4.88 Å². The number of rotatable bonds is 5. The fraction of sp³-hybridized carbons (Fsp3) is 0.538. The first kappa shape index (κ1) is 14.5. The third-order valence-corrected chi connectivity index (χ3v) is 4.61. The Balaban J connectivity index is 2.26. The predicted octanol–water partition coefficient (Wildman–Crippen LogP) is 3.04. The van der Waals surface area contributed by atoms with Crippen LogP contribution >= 0.6 is 22.9 Å². The smallest absolute Gasteiger partial charge is 0.130 e. The summed E-state index contributed by atoms with van der Waals surface area (Å²) in [5.74, 6) is 0. The van der Waals surface area contributed by atoms with Crippen LogP contribution in [-0.2, 0) is 13.5 Å². The molecule has 2 heterocycles. The van der Waals surface area contributed by atoms with Crippen LogP contribution in [0.2, 0.25) is 5.15 Å². The Morgan fingerprint density at radius 1 is 1.47 bits per heavy atom. The third kappa shape index (κ3) is 3.16. The van der Waals surface area contributed by atoms with Crippen molar-refractivity contribution in [1.82, 2.24) is 20.1 Å². The van der Waals surface area contributed by atoms with Crippen molar-refractivity contribution >= 4 is 22.9 Å². The number of thiazole rings is 1. The number of aromatic nitrogens is 3. The lowest BCUT2D eigenvalue weighted by atomic mass is 10.1. The molecule has 0 aliphatic heterocycles. The molecule has 0 amide bonds. The number of hydrogen-bond donors (Lipinski definition) is 1. The van der Waals surface area contributed by atoms with Crippen molar-refractivity contribution in [2.45, 2.75) is 33.2 Å². The summed E-state index contributed by atoms with van der Waals surface area (Å²) in [5, 5.41) is 9.68. The molecule has 104 valence electrons. The van der Waals surface area contributed by atoms with Crippen LogP contribution in [0.15, 0.2) is 6.20 Å². The SMILES string of the molecule is CCNC(Cc1c(C)nn(C)c1Cl)c1cnc(C)s1. The topological polar surface area (TPSA) is 42.7 Å². The molecule has 0 aliphatic rings. The van der Waals surface area contributed by atoms with E-state index < -0.39 is 0 Å². The largest absolute Gasteiger partial charge is 0.309 e. The number of nitrogens with zero attached hydrogens (tertiary/aromatic N) is 3. The standard InChI is InChI=1S/C13H19ClN4S/c1-5-15-11(12-7-16-9(3)19-12)6-10-8(2)17-18(4)13(10)14/h7,11,15H,5-6H2,1-4H3. The lowest BCUT2D eigenvalue weighted by Gasteiger charge is -2.15. The molecule has 4 nitrogen and oxygen atoms in total. The van der Waals surface area contributed by atoms with Crippen molar-refractivity contribution < 1.29 is 0 Å². The number of halogens is 1. The van der Waals surface area contributed by atoms with Crippen LogP contribution in [0.4, 0.5) is 0 Å². The lowest BCUT2D eigenvalue weighted by Crippen LogP contribution is -2.22. The van der Waals surface area contributed by atoms with Gasteiger partial charge >= 0.3 is 0 Å². The van der Waals surface area contributed by atoms with Crippen LogP contribution in [0.25, 0.3) is 0 Å². The van der Waals surface area contributed by atoms with Crippen molar-refractivity contribution in [2.24, 2.45) is 7.05 Å². The monoisotopic (exact) mass is 298 g/mol. The Hall–Kier alpha value is -0.910. The molecule has 1 N–H and O–H groups in total. The predicted molar refractivity (Wildman–Crippen MR) is 79.9 cm³/mol. The minimum absolute atomic E-state index is 0.247. The van der Waals surface area contributed by atoms with E-state index in [-0.39, 0.29) is 6.04 Å². The van der Waals surface area contributed by atoms with E-state index in [4.69, 9.17) is 11.6 Å². The fourth-order valence-corrected chi connectivity index (χ4v) is 3.28. The minimum Gasteiger partial charge on any atom is -0.309 e. The van der Waals surface area contributed by atoms with Crippen LogP contribution in [0.1, 0.15) is 34.1 Å². The van der Waals surface area contributed by atoms with E-state index in [9.17, 15) is 0 Å². The Bertz CT molecular complexity index is 561. The average molecular weight is 299 g/mol. The normalized spacial score (nSPS) is 12.9. The molecule has 1 atom stereocenters. The van der Waals surface area contributed by atoms with E-state index >= 15 is 0 Å². The van der Waals surface area contributed by atoms with Crippen LogP contribution < -0.4 is 5.32 Å². The van der Waals surface area contributed by atoms with Crippen molar-refractivity contribution in [2.75, 3.05) is 6.54 Å².